The second-order valence-electron chi connectivity index (χ2n) is 5.94. The van der Waals surface area contributed by atoms with Gasteiger partial charge < -0.3 is 15.0 Å². The van der Waals surface area contributed by atoms with E-state index in [1.165, 1.54) is 25.0 Å². The molecule has 0 radical (unpaired) electrons. The summed E-state index contributed by atoms with van der Waals surface area (Å²) in [4.78, 5) is 14.1. The molecule has 4 nitrogen and oxygen atoms in total. The van der Waals surface area contributed by atoms with Crippen molar-refractivity contribution in [3.05, 3.63) is 35.6 Å². The van der Waals surface area contributed by atoms with Gasteiger partial charge in [-0.25, -0.2) is 4.39 Å². The van der Waals surface area contributed by atoms with Crippen molar-refractivity contribution in [1.82, 2.24) is 10.2 Å². The second-order valence-corrected chi connectivity index (χ2v) is 5.94. The van der Waals surface area contributed by atoms with E-state index < -0.39 is 0 Å². The molecule has 114 valence electrons. The molecule has 1 aromatic rings. The van der Waals surface area contributed by atoms with Crippen molar-refractivity contribution in [2.75, 3.05) is 19.6 Å². The van der Waals surface area contributed by atoms with Gasteiger partial charge in [0.25, 0.3) is 0 Å². The third kappa shape index (κ3) is 3.80. The Morgan fingerprint density at radius 1 is 1.33 bits per heavy atom. The first-order valence-corrected chi connectivity index (χ1v) is 7.54. The van der Waals surface area contributed by atoms with Gasteiger partial charge in [-0.1, -0.05) is 12.1 Å². The molecule has 1 heterocycles. The number of benzene rings is 1. The molecule has 3 rings (SSSR count). The van der Waals surface area contributed by atoms with Gasteiger partial charge in [-0.15, -0.1) is 0 Å². The maximum absolute atomic E-state index is 13.0. The van der Waals surface area contributed by atoms with Crippen LogP contribution in [0, 0.1) is 5.82 Å². The fourth-order valence-electron chi connectivity index (χ4n) is 2.65. The largest absolute Gasteiger partial charge is 0.367 e. The molecule has 21 heavy (non-hydrogen) atoms. The SMILES string of the molecule is C[C@H]1CN(C(=O)CNC2CC2)C[C@@H](c2ccc(F)cc2)O1. The van der Waals surface area contributed by atoms with Gasteiger partial charge in [0, 0.05) is 12.6 Å². The van der Waals surface area contributed by atoms with E-state index in [2.05, 4.69) is 5.32 Å². The first-order valence-electron chi connectivity index (χ1n) is 7.54. The van der Waals surface area contributed by atoms with Crippen molar-refractivity contribution in [3.8, 4) is 0 Å². The van der Waals surface area contributed by atoms with Crippen LogP contribution in [0.4, 0.5) is 4.39 Å². The van der Waals surface area contributed by atoms with E-state index in [0.717, 1.165) is 5.56 Å². The molecule has 0 spiro atoms. The van der Waals surface area contributed by atoms with Crippen LogP contribution in [0.5, 0.6) is 0 Å². The fourth-order valence-corrected chi connectivity index (χ4v) is 2.65. The minimum atomic E-state index is -0.260. The monoisotopic (exact) mass is 292 g/mol. The zero-order chi connectivity index (χ0) is 14.8. The highest BCUT2D eigenvalue weighted by Crippen LogP contribution is 2.25. The topological polar surface area (TPSA) is 41.6 Å². The Kier molecular flexibility index (Phi) is 4.22. The van der Waals surface area contributed by atoms with E-state index in [1.807, 2.05) is 11.8 Å². The number of hydrogen-bond acceptors (Lipinski definition) is 3. The first kappa shape index (κ1) is 14.5. The average Bonchev–Trinajstić information content (AvgIpc) is 3.29. The van der Waals surface area contributed by atoms with Gasteiger partial charge in [-0.3, -0.25) is 4.79 Å². The van der Waals surface area contributed by atoms with E-state index in [0.29, 0.717) is 25.7 Å². The smallest absolute Gasteiger partial charge is 0.236 e. The summed E-state index contributed by atoms with van der Waals surface area (Å²) in [6.45, 7) is 3.50. The summed E-state index contributed by atoms with van der Waals surface area (Å²) in [5.41, 5.74) is 0.913. The number of nitrogens with zero attached hydrogens (tertiary/aromatic N) is 1. The van der Waals surface area contributed by atoms with Crippen molar-refractivity contribution < 1.29 is 13.9 Å². The van der Waals surface area contributed by atoms with Crippen LogP contribution >= 0.6 is 0 Å². The lowest BCUT2D eigenvalue weighted by Gasteiger charge is -2.37. The lowest BCUT2D eigenvalue weighted by Crippen LogP contribution is -2.48. The van der Waals surface area contributed by atoms with Crippen molar-refractivity contribution in [2.24, 2.45) is 0 Å². The Hall–Kier alpha value is -1.46. The Morgan fingerprint density at radius 2 is 2.05 bits per heavy atom. The molecular weight excluding hydrogens is 271 g/mol. The predicted molar refractivity (Wildman–Crippen MR) is 77.3 cm³/mol. The third-order valence-corrected chi connectivity index (χ3v) is 3.97. The molecule has 1 aliphatic carbocycles. The molecule has 2 fully saturated rings. The molecule has 1 aromatic carbocycles. The molecular formula is C16H21FN2O2. The van der Waals surface area contributed by atoms with Crippen molar-refractivity contribution >= 4 is 5.91 Å². The number of carbonyl (C=O) groups excluding carboxylic acids is 1. The van der Waals surface area contributed by atoms with E-state index in [9.17, 15) is 9.18 Å². The molecule has 1 saturated heterocycles. The normalized spacial score (nSPS) is 25.9. The van der Waals surface area contributed by atoms with Crippen LogP contribution in [0.25, 0.3) is 0 Å². The highest BCUT2D eigenvalue weighted by atomic mass is 19.1. The van der Waals surface area contributed by atoms with Crippen LogP contribution in [0.1, 0.15) is 31.4 Å². The third-order valence-electron chi connectivity index (χ3n) is 3.97. The Labute approximate surface area is 124 Å². The van der Waals surface area contributed by atoms with Crippen molar-refractivity contribution in [2.45, 2.75) is 38.0 Å². The van der Waals surface area contributed by atoms with E-state index >= 15 is 0 Å². The Balaban J connectivity index is 1.62. The number of halogens is 1. The molecule has 2 aliphatic rings. The van der Waals surface area contributed by atoms with Crippen LogP contribution in [0.2, 0.25) is 0 Å². The number of rotatable bonds is 4. The lowest BCUT2D eigenvalue weighted by atomic mass is 10.1. The second kappa shape index (κ2) is 6.12. The van der Waals surface area contributed by atoms with E-state index in [1.54, 1.807) is 12.1 Å². The number of nitrogens with one attached hydrogen (secondary N) is 1. The van der Waals surface area contributed by atoms with E-state index in [-0.39, 0.29) is 23.9 Å². The minimum Gasteiger partial charge on any atom is -0.367 e. The molecule has 1 saturated carbocycles. The standard InChI is InChI=1S/C16H21FN2O2/c1-11-9-19(16(20)8-18-14-6-7-14)10-15(21-11)12-2-4-13(17)5-3-12/h2-5,11,14-15,18H,6-10H2,1H3/t11-,15-/m0/s1. The zero-order valence-corrected chi connectivity index (χ0v) is 12.2. The van der Waals surface area contributed by atoms with Gasteiger partial charge in [0.1, 0.15) is 11.9 Å². The Morgan fingerprint density at radius 3 is 2.71 bits per heavy atom. The number of ether oxygens (including phenoxy) is 1. The molecule has 0 unspecified atom stereocenters. The summed E-state index contributed by atoms with van der Waals surface area (Å²) in [5, 5.41) is 3.25. The van der Waals surface area contributed by atoms with Gasteiger partial charge in [-0.05, 0) is 37.5 Å². The lowest BCUT2D eigenvalue weighted by molar-refractivity contribution is -0.144. The molecule has 1 N–H and O–H groups in total. The van der Waals surface area contributed by atoms with Crippen LogP contribution in [-0.4, -0.2) is 42.6 Å². The average molecular weight is 292 g/mol. The first-order chi connectivity index (χ1) is 10.1. The quantitative estimate of drug-likeness (QED) is 0.921. The number of carbonyl (C=O) groups is 1. The fraction of sp³-hybridized carbons (Fsp3) is 0.562. The molecule has 1 aliphatic heterocycles. The van der Waals surface area contributed by atoms with E-state index in [4.69, 9.17) is 4.74 Å². The number of amides is 1. The minimum absolute atomic E-state index is 0.0151. The molecule has 2 atom stereocenters. The summed E-state index contributed by atoms with van der Waals surface area (Å²) < 4.78 is 18.9. The van der Waals surface area contributed by atoms with Gasteiger partial charge in [0.2, 0.25) is 5.91 Å². The van der Waals surface area contributed by atoms with Crippen LogP contribution in [-0.2, 0) is 9.53 Å². The molecule has 5 heteroatoms. The molecule has 0 bridgehead atoms. The van der Waals surface area contributed by atoms with Crippen molar-refractivity contribution in [1.29, 1.82) is 0 Å². The summed E-state index contributed by atoms with van der Waals surface area (Å²) in [7, 11) is 0. The highest BCUT2D eigenvalue weighted by molar-refractivity contribution is 5.78. The maximum atomic E-state index is 13.0. The van der Waals surface area contributed by atoms with Gasteiger partial charge in [0.15, 0.2) is 0 Å². The van der Waals surface area contributed by atoms with Gasteiger partial charge in [0.05, 0.1) is 19.2 Å². The van der Waals surface area contributed by atoms with Crippen LogP contribution < -0.4 is 5.32 Å². The molecule has 1 amide bonds. The summed E-state index contributed by atoms with van der Waals surface area (Å²) in [5.74, 6) is -0.145. The van der Waals surface area contributed by atoms with Crippen molar-refractivity contribution in [3.63, 3.8) is 0 Å². The molecule has 0 aromatic heterocycles. The Bertz CT molecular complexity index is 502. The summed E-state index contributed by atoms with van der Waals surface area (Å²) >= 11 is 0. The maximum Gasteiger partial charge on any atom is 0.236 e. The predicted octanol–water partition coefficient (Wildman–Crippen LogP) is 1.87. The summed E-state index contributed by atoms with van der Waals surface area (Å²) in [6, 6.07) is 6.84. The highest BCUT2D eigenvalue weighted by Gasteiger charge is 2.30. The van der Waals surface area contributed by atoms with Gasteiger partial charge in [-0.2, -0.15) is 0 Å². The summed E-state index contributed by atoms with van der Waals surface area (Å²) in [6.07, 6.45) is 2.15. The van der Waals surface area contributed by atoms with Crippen LogP contribution in [0.15, 0.2) is 24.3 Å². The van der Waals surface area contributed by atoms with Crippen LogP contribution in [0.3, 0.4) is 0 Å². The number of hydrogen-bond donors (Lipinski definition) is 1. The van der Waals surface area contributed by atoms with Gasteiger partial charge >= 0.3 is 0 Å². The zero-order valence-electron chi connectivity index (χ0n) is 12.2. The number of morpholine rings is 1.